The van der Waals surface area contributed by atoms with Gasteiger partial charge in [0, 0.05) is 27.8 Å². The molecule has 2 N–H and O–H groups in total. The summed E-state index contributed by atoms with van der Waals surface area (Å²) >= 11 is 0. The first kappa shape index (κ1) is 14.2. The minimum absolute atomic E-state index is 0.166. The predicted octanol–water partition coefficient (Wildman–Crippen LogP) is 3.39. The number of rotatable bonds is 5. The SMILES string of the molecule is CCC(C)S(=O)CC(N)c1cccc2ccccc12. The summed E-state index contributed by atoms with van der Waals surface area (Å²) in [4.78, 5) is 0. The zero-order valence-corrected chi connectivity index (χ0v) is 12.3. The molecule has 3 unspecified atom stereocenters. The lowest BCUT2D eigenvalue weighted by molar-refractivity contribution is 0.662. The molecule has 0 spiro atoms. The average molecular weight is 275 g/mol. The Morgan fingerprint density at radius 1 is 1.16 bits per heavy atom. The van der Waals surface area contributed by atoms with Gasteiger partial charge in [-0.3, -0.25) is 4.21 Å². The van der Waals surface area contributed by atoms with Crippen LogP contribution < -0.4 is 5.73 Å². The molecule has 0 aliphatic carbocycles. The summed E-state index contributed by atoms with van der Waals surface area (Å²) in [5.41, 5.74) is 7.35. The lowest BCUT2D eigenvalue weighted by Crippen LogP contribution is -2.23. The maximum Gasteiger partial charge on any atom is 0.0431 e. The van der Waals surface area contributed by atoms with Gasteiger partial charge in [0.2, 0.25) is 0 Å². The molecule has 102 valence electrons. The van der Waals surface area contributed by atoms with Gasteiger partial charge in [-0.05, 0) is 22.8 Å². The van der Waals surface area contributed by atoms with Crippen molar-refractivity contribution in [3.05, 3.63) is 48.0 Å². The Labute approximate surface area is 117 Å². The predicted molar refractivity (Wildman–Crippen MR) is 83.6 cm³/mol. The van der Waals surface area contributed by atoms with Crippen molar-refractivity contribution in [1.82, 2.24) is 0 Å². The maximum atomic E-state index is 12.1. The molecular formula is C16H21NOS. The normalized spacial score (nSPS) is 16.2. The highest BCUT2D eigenvalue weighted by molar-refractivity contribution is 7.85. The Morgan fingerprint density at radius 2 is 1.84 bits per heavy atom. The summed E-state index contributed by atoms with van der Waals surface area (Å²) in [5, 5.41) is 2.56. The molecule has 3 atom stereocenters. The second-order valence-electron chi connectivity index (χ2n) is 4.94. The van der Waals surface area contributed by atoms with E-state index in [1.165, 1.54) is 10.8 Å². The van der Waals surface area contributed by atoms with Gasteiger partial charge in [-0.1, -0.05) is 56.3 Å². The van der Waals surface area contributed by atoms with E-state index in [2.05, 4.69) is 25.1 Å². The van der Waals surface area contributed by atoms with Gasteiger partial charge in [-0.2, -0.15) is 0 Å². The summed E-state index contributed by atoms with van der Waals surface area (Å²) in [5.74, 6) is 0.531. The van der Waals surface area contributed by atoms with Crippen molar-refractivity contribution in [2.24, 2.45) is 5.73 Å². The first-order chi connectivity index (χ1) is 9.13. The van der Waals surface area contributed by atoms with Crippen LogP contribution in [0.3, 0.4) is 0 Å². The Kier molecular flexibility index (Phi) is 4.72. The number of hydrogen-bond acceptors (Lipinski definition) is 2. The minimum Gasteiger partial charge on any atom is -0.323 e. The molecule has 2 aromatic rings. The molecule has 2 aromatic carbocycles. The first-order valence-corrected chi connectivity index (χ1v) is 8.12. The molecule has 0 saturated heterocycles. The smallest absolute Gasteiger partial charge is 0.0431 e. The van der Waals surface area contributed by atoms with Crippen LogP contribution in [0.5, 0.6) is 0 Å². The van der Waals surface area contributed by atoms with Crippen LogP contribution in [0.15, 0.2) is 42.5 Å². The quantitative estimate of drug-likeness (QED) is 0.909. The summed E-state index contributed by atoms with van der Waals surface area (Å²) in [7, 11) is -0.863. The largest absolute Gasteiger partial charge is 0.323 e. The molecule has 3 heteroatoms. The summed E-state index contributed by atoms with van der Waals surface area (Å²) in [6, 6.07) is 14.2. The van der Waals surface area contributed by atoms with Crippen LogP contribution in [0.4, 0.5) is 0 Å². The van der Waals surface area contributed by atoms with Crippen LogP contribution in [0.1, 0.15) is 31.9 Å². The molecule has 19 heavy (non-hydrogen) atoms. The second-order valence-corrected chi connectivity index (χ2v) is 6.84. The van der Waals surface area contributed by atoms with Gasteiger partial charge < -0.3 is 5.73 Å². The van der Waals surface area contributed by atoms with Gasteiger partial charge in [-0.15, -0.1) is 0 Å². The van der Waals surface area contributed by atoms with Crippen molar-refractivity contribution in [2.45, 2.75) is 31.6 Å². The molecule has 0 amide bonds. The van der Waals surface area contributed by atoms with Crippen LogP contribution in [0.2, 0.25) is 0 Å². The minimum atomic E-state index is -0.863. The Bertz CT molecular complexity index is 576. The number of hydrogen-bond donors (Lipinski definition) is 1. The van der Waals surface area contributed by atoms with Crippen molar-refractivity contribution >= 4 is 21.6 Å². The topological polar surface area (TPSA) is 43.1 Å². The average Bonchev–Trinajstić information content (AvgIpc) is 2.45. The second kappa shape index (κ2) is 6.31. The Hall–Kier alpha value is -1.19. The van der Waals surface area contributed by atoms with E-state index in [1.807, 2.05) is 31.2 Å². The van der Waals surface area contributed by atoms with Crippen LogP contribution in [0.25, 0.3) is 10.8 Å². The standard InChI is InChI=1S/C16H21NOS/c1-3-12(2)19(18)11-16(17)15-10-6-8-13-7-4-5-9-14(13)15/h4-10,12,16H,3,11,17H2,1-2H3. The third-order valence-electron chi connectivity index (χ3n) is 3.59. The molecule has 0 aliphatic rings. The fraction of sp³-hybridized carbons (Fsp3) is 0.375. The third-order valence-corrected chi connectivity index (χ3v) is 5.51. The van der Waals surface area contributed by atoms with Crippen molar-refractivity contribution in [3.8, 4) is 0 Å². The van der Waals surface area contributed by atoms with E-state index in [-0.39, 0.29) is 11.3 Å². The van der Waals surface area contributed by atoms with Gasteiger partial charge in [0.1, 0.15) is 0 Å². The zero-order valence-electron chi connectivity index (χ0n) is 11.5. The fourth-order valence-electron chi connectivity index (χ4n) is 2.19. The Morgan fingerprint density at radius 3 is 2.58 bits per heavy atom. The molecule has 0 fully saturated rings. The van der Waals surface area contributed by atoms with E-state index < -0.39 is 10.8 Å². The Balaban J connectivity index is 2.27. The molecule has 0 radical (unpaired) electrons. The lowest BCUT2D eigenvalue weighted by Gasteiger charge is -2.16. The van der Waals surface area contributed by atoms with Crippen LogP contribution in [-0.2, 0) is 10.8 Å². The molecule has 0 heterocycles. The van der Waals surface area contributed by atoms with Crippen LogP contribution >= 0.6 is 0 Å². The van der Waals surface area contributed by atoms with Gasteiger partial charge in [0.15, 0.2) is 0 Å². The van der Waals surface area contributed by atoms with Crippen molar-refractivity contribution in [2.75, 3.05) is 5.75 Å². The summed E-state index contributed by atoms with van der Waals surface area (Å²) in [6.07, 6.45) is 0.925. The van der Waals surface area contributed by atoms with Crippen molar-refractivity contribution in [3.63, 3.8) is 0 Å². The molecule has 0 saturated carbocycles. The third kappa shape index (κ3) is 3.23. The lowest BCUT2D eigenvalue weighted by atomic mass is 10.0. The van der Waals surface area contributed by atoms with Gasteiger partial charge in [-0.25, -0.2) is 0 Å². The monoisotopic (exact) mass is 275 g/mol. The van der Waals surface area contributed by atoms with Crippen LogP contribution in [0, 0.1) is 0 Å². The van der Waals surface area contributed by atoms with E-state index in [0.717, 1.165) is 12.0 Å². The van der Waals surface area contributed by atoms with E-state index in [4.69, 9.17) is 5.73 Å². The first-order valence-electron chi connectivity index (χ1n) is 6.74. The molecule has 2 rings (SSSR count). The van der Waals surface area contributed by atoms with Crippen molar-refractivity contribution in [1.29, 1.82) is 0 Å². The number of fused-ring (bicyclic) bond motifs is 1. The van der Waals surface area contributed by atoms with E-state index in [0.29, 0.717) is 5.75 Å². The zero-order chi connectivity index (χ0) is 13.8. The highest BCUT2D eigenvalue weighted by Gasteiger charge is 2.16. The molecule has 0 aromatic heterocycles. The van der Waals surface area contributed by atoms with Gasteiger partial charge in [0.05, 0.1) is 0 Å². The number of nitrogens with two attached hydrogens (primary N) is 1. The summed E-state index contributed by atoms with van der Waals surface area (Å²) < 4.78 is 12.1. The van der Waals surface area contributed by atoms with E-state index >= 15 is 0 Å². The van der Waals surface area contributed by atoms with Gasteiger partial charge >= 0.3 is 0 Å². The van der Waals surface area contributed by atoms with Crippen LogP contribution in [-0.4, -0.2) is 15.2 Å². The van der Waals surface area contributed by atoms with Gasteiger partial charge in [0.25, 0.3) is 0 Å². The molecule has 2 nitrogen and oxygen atoms in total. The molecular weight excluding hydrogens is 254 g/mol. The summed E-state index contributed by atoms with van der Waals surface area (Å²) in [6.45, 7) is 4.08. The highest BCUT2D eigenvalue weighted by Crippen LogP contribution is 2.24. The van der Waals surface area contributed by atoms with E-state index in [9.17, 15) is 4.21 Å². The highest BCUT2D eigenvalue weighted by atomic mass is 32.2. The molecule has 0 aliphatic heterocycles. The molecule has 0 bridgehead atoms. The van der Waals surface area contributed by atoms with E-state index in [1.54, 1.807) is 0 Å². The number of benzene rings is 2. The van der Waals surface area contributed by atoms with Crippen molar-refractivity contribution < 1.29 is 4.21 Å². The maximum absolute atomic E-state index is 12.1. The fourth-order valence-corrected chi connectivity index (χ4v) is 3.42.